The van der Waals surface area contributed by atoms with Crippen LogP contribution in [0, 0.1) is 0 Å². The van der Waals surface area contributed by atoms with Crippen molar-refractivity contribution in [1.29, 1.82) is 0 Å². The molecule has 0 saturated carbocycles. The van der Waals surface area contributed by atoms with Gasteiger partial charge >= 0.3 is 0 Å². The molecule has 0 aliphatic rings. The van der Waals surface area contributed by atoms with Crippen molar-refractivity contribution in [3.63, 3.8) is 0 Å². The number of nitrogens with one attached hydrogen (secondary N) is 1. The summed E-state index contributed by atoms with van der Waals surface area (Å²) in [5.74, 6) is 0.730. The smallest absolute Gasteiger partial charge is 0.176 e. The zero-order valence-electron chi connectivity index (χ0n) is 8.46. The van der Waals surface area contributed by atoms with Crippen LogP contribution < -0.4 is 5.32 Å². The molecule has 2 aromatic rings. The van der Waals surface area contributed by atoms with Crippen LogP contribution in [0.3, 0.4) is 0 Å². The van der Waals surface area contributed by atoms with Gasteiger partial charge in [0.05, 0.1) is 6.20 Å². The molecule has 15 heavy (non-hydrogen) atoms. The third-order valence-electron chi connectivity index (χ3n) is 1.93. The van der Waals surface area contributed by atoms with Gasteiger partial charge in [-0.15, -0.1) is 15.0 Å². The number of aromatic nitrogens is 5. The third-order valence-corrected chi connectivity index (χ3v) is 1.93. The van der Waals surface area contributed by atoms with E-state index in [1.807, 2.05) is 19.2 Å². The maximum atomic E-state index is 4.23. The van der Waals surface area contributed by atoms with E-state index in [0.29, 0.717) is 0 Å². The van der Waals surface area contributed by atoms with Crippen molar-refractivity contribution >= 4 is 0 Å². The summed E-state index contributed by atoms with van der Waals surface area (Å²) < 4.78 is 0. The second kappa shape index (κ2) is 4.61. The highest BCUT2D eigenvalue weighted by molar-refractivity contribution is 5.23. The van der Waals surface area contributed by atoms with Crippen molar-refractivity contribution in [3.05, 3.63) is 30.4 Å². The van der Waals surface area contributed by atoms with Crippen molar-refractivity contribution in [2.45, 2.75) is 6.42 Å². The quantitative estimate of drug-likeness (QED) is 0.748. The van der Waals surface area contributed by atoms with E-state index < -0.39 is 0 Å². The molecule has 2 aromatic heterocycles. The van der Waals surface area contributed by atoms with Crippen LogP contribution in [-0.4, -0.2) is 38.8 Å². The van der Waals surface area contributed by atoms with Crippen LogP contribution in [-0.2, 0) is 6.42 Å². The summed E-state index contributed by atoms with van der Waals surface area (Å²) in [4.78, 5) is 5.48. The number of rotatable bonds is 4. The molecule has 0 spiro atoms. The summed E-state index contributed by atoms with van der Waals surface area (Å²) in [6.45, 7) is 0.846. The molecule has 1 N–H and O–H groups in total. The normalized spacial score (nSPS) is 10.5. The van der Waals surface area contributed by atoms with Gasteiger partial charge in [-0.2, -0.15) is 0 Å². The van der Waals surface area contributed by atoms with Gasteiger partial charge in [0.2, 0.25) is 0 Å². The summed E-state index contributed by atoms with van der Waals surface area (Å²) in [5.41, 5.74) is 0.820. The molecule has 2 heterocycles. The van der Waals surface area contributed by atoms with Gasteiger partial charge in [0, 0.05) is 19.2 Å². The number of hydrogen-bond donors (Lipinski definition) is 1. The highest BCUT2D eigenvalue weighted by Gasteiger charge is 2.03. The Morgan fingerprint density at radius 2 is 2.40 bits per heavy atom. The Morgan fingerprint density at radius 3 is 3.13 bits per heavy atom. The van der Waals surface area contributed by atoms with Gasteiger partial charge in [0.15, 0.2) is 5.82 Å². The maximum absolute atomic E-state index is 4.23. The Labute approximate surface area is 87.3 Å². The van der Waals surface area contributed by atoms with Crippen molar-refractivity contribution in [2.24, 2.45) is 0 Å². The lowest BCUT2D eigenvalue weighted by atomic mass is 10.4. The molecule has 0 saturated heterocycles. The first-order valence-corrected chi connectivity index (χ1v) is 4.74. The third kappa shape index (κ3) is 2.35. The summed E-state index contributed by atoms with van der Waals surface area (Å²) in [6.07, 6.45) is 4.18. The van der Waals surface area contributed by atoms with Gasteiger partial charge in [-0.25, -0.2) is 0 Å². The molecule has 0 radical (unpaired) electrons. The number of nitrogens with zero attached hydrogens (tertiary/aromatic N) is 5. The Hall–Kier alpha value is -1.82. The van der Waals surface area contributed by atoms with E-state index in [2.05, 4.69) is 25.7 Å². The molecule has 0 unspecified atom stereocenters. The van der Waals surface area contributed by atoms with Crippen molar-refractivity contribution in [2.75, 3.05) is 13.6 Å². The van der Waals surface area contributed by atoms with Gasteiger partial charge in [0.1, 0.15) is 5.69 Å². The summed E-state index contributed by atoms with van der Waals surface area (Å²) in [7, 11) is 1.89. The Morgan fingerprint density at radius 1 is 1.47 bits per heavy atom. The van der Waals surface area contributed by atoms with E-state index in [-0.39, 0.29) is 0 Å². The van der Waals surface area contributed by atoms with Gasteiger partial charge in [-0.1, -0.05) is 0 Å². The molecule has 2 rings (SSSR count). The Kier molecular flexibility index (Phi) is 2.99. The largest absolute Gasteiger partial charge is 0.319 e. The topological polar surface area (TPSA) is 68.5 Å². The zero-order valence-corrected chi connectivity index (χ0v) is 8.46. The molecule has 0 atom stereocenters. The van der Waals surface area contributed by atoms with Crippen LogP contribution in [0.15, 0.2) is 24.5 Å². The van der Waals surface area contributed by atoms with Gasteiger partial charge in [-0.05, 0) is 24.4 Å². The van der Waals surface area contributed by atoms with E-state index in [4.69, 9.17) is 0 Å². The fourth-order valence-electron chi connectivity index (χ4n) is 1.16. The average Bonchev–Trinajstić information content (AvgIpc) is 2.76. The predicted octanol–water partition coefficient (Wildman–Crippen LogP) is -0.181. The molecular weight excluding hydrogens is 192 g/mol. The zero-order chi connectivity index (χ0) is 10.5. The molecule has 78 valence electrons. The number of pyridine rings is 1. The molecule has 0 amide bonds. The van der Waals surface area contributed by atoms with E-state index in [0.717, 1.165) is 24.5 Å². The van der Waals surface area contributed by atoms with Crippen LogP contribution in [0.4, 0.5) is 0 Å². The first-order chi connectivity index (χ1) is 7.40. The lowest BCUT2D eigenvalue weighted by Crippen LogP contribution is -2.11. The van der Waals surface area contributed by atoms with E-state index >= 15 is 0 Å². The molecule has 0 aliphatic carbocycles. The van der Waals surface area contributed by atoms with Crippen LogP contribution in [0.1, 0.15) is 5.82 Å². The van der Waals surface area contributed by atoms with Crippen LogP contribution in [0.2, 0.25) is 0 Å². The minimum Gasteiger partial charge on any atom is -0.319 e. The molecule has 6 heteroatoms. The first kappa shape index (κ1) is 9.72. The van der Waals surface area contributed by atoms with Crippen molar-refractivity contribution in [1.82, 2.24) is 30.5 Å². The molecular formula is C9H12N6. The number of likely N-dealkylation sites (N-methyl/N-ethyl adjacent to an activating group) is 1. The van der Waals surface area contributed by atoms with E-state index in [1.54, 1.807) is 12.4 Å². The first-order valence-electron chi connectivity index (χ1n) is 4.74. The highest BCUT2D eigenvalue weighted by Crippen LogP contribution is 2.00. The fraction of sp³-hybridized carbons (Fsp3) is 0.333. The molecule has 0 fully saturated rings. The molecule has 0 aliphatic heterocycles. The summed E-state index contributed by atoms with van der Waals surface area (Å²) in [6, 6.07) is 3.72. The lowest BCUT2D eigenvalue weighted by Gasteiger charge is -1.95. The average molecular weight is 204 g/mol. The number of hydrogen-bond acceptors (Lipinski definition) is 5. The molecule has 0 bridgehead atoms. The second-order valence-electron chi connectivity index (χ2n) is 3.06. The number of tetrazole rings is 1. The maximum Gasteiger partial charge on any atom is 0.176 e. The van der Waals surface area contributed by atoms with Crippen LogP contribution in [0.25, 0.3) is 5.69 Å². The Bertz CT molecular complexity index is 410. The van der Waals surface area contributed by atoms with Gasteiger partial charge in [-0.3, -0.25) is 4.98 Å². The Balaban J connectivity index is 2.14. The van der Waals surface area contributed by atoms with Crippen molar-refractivity contribution in [3.8, 4) is 5.69 Å². The minimum atomic E-state index is 0.730. The van der Waals surface area contributed by atoms with Crippen LogP contribution in [0.5, 0.6) is 0 Å². The summed E-state index contributed by atoms with van der Waals surface area (Å²) in [5, 5.41) is 15.2. The van der Waals surface area contributed by atoms with Crippen LogP contribution >= 0.6 is 0 Å². The van der Waals surface area contributed by atoms with E-state index in [9.17, 15) is 0 Å². The molecule has 6 nitrogen and oxygen atoms in total. The highest BCUT2D eigenvalue weighted by atomic mass is 15.6. The van der Waals surface area contributed by atoms with Gasteiger partial charge in [0.25, 0.3) is 0 Å². The summed E-state index contributed by atoms with van der Waals surface area (Å²) >= 11 is 0. The lowest BCUT2D eigenvalue weighted by molar-refractivity contribution is 0.710. The second-order valence-corrected chi connectivity index (χ2v) is 3.06. The van der Waals surface area contributed by atoms with E-state index in [1.165, 1.54) is 4.80 Å². The van der Waals surface area contributed by atoms with Gasteiger partial charge < -0.3 is 5.32 Å². The fourth-order valence-corrected chi connectivity index (χ4v) is 1.16. The standard InChI is InChI=1S/C9H12N6/c1-10-6-4-9-12-14-15(13-9)8-3-2-5-11-7-8/h2-3,5,7,10H,4,6H2,1H3. The molecule has 0 aromatic carbocycles. The predicted molar refractivity (Wildman–Crippen MR) is 54.6 cm³/mol. The van der Waals surface area contributed by atoms with Crippen molar-refractivity contribution < 1.29 is 0 Å². The SMILES string of the molecule is CNCCc1nnn(-c2cccnc2)n1. The minimum absolute atomic E-state index is 0.730. The monoisotopic (exact) mass is 204 g/mol.